The van der Waals surface area contributed by atoms with Crippen LogP contribution in [0.1, 0.15) is 39.7 Å². The lowest BCUT2D eigenvalue weighted by atomic mass is 9.91. The zero-order chi connectivity index (χ0) is 25.9. The Balaban J connectivity index is 1.26. The first-order valence-corrected chi connectivity index (χ1v) is 13.7. The molecule has 1 atom stereocenters. The quantitative estimate of drug-likeness (QED) is 0.372. The lowest BCUT2D eigenvalue weighted by molar-refractivity contribution is 0.0792. The molecule has 1 aliphatic carbocycles. The number of hydrogen-bond donors (Lipinski definition) is 1. The first kappa shape index (κ1) is 25.5. The number of rotatable bonds is 7. The van der Waals surface area contributed by atoms with Crippen molar-refractivity contribution in [2.75, 3.05) is 24.5 Å². The Morgan fingerprint density at radius 3 is 1.95 bits per heavy atom. The summed E-state index contributed by atoms with van der Waals surface area (Å²) in [5.74, 6) is 0. The van der Waals surface area contributed by atoms with Gasteiger partial charge in [-0.05, 0) is 81.5 Å². The second-order valence-corrected chi connectivity index (χ2v) is 11.9. The van der Waals surface area contributed by atoms with Crippen molar-refractivity contribution < 1.29 is 0 Å². The summed E-state index contributed by atoms with van der Waals surface area (Å²) in [5, 5.41) is 3.77. The number of anilines is 2. The van der Waals surface area contributed by atoms with E-state index in [-0.39, 0.29) is 11.1 Å². The fraction of sp³-hybridized carbons (Fsp3) is 0.353. The maximum absolute atomic E-state index is 3.77. The van der Waals surface area contributed by atoms with E-state index in [4.69, 9.17) is 0 Å². The smallest absolute Gasteiger partial charge is 0.0559 e. The number of hydrogen-bond acceptors (Lipinski definition) is 3. The lowest BCUT2D eigenvalue weighted by Gasteiger charge is -2.48. The molecule has 1 fully saturated rings. The van der Waals surface area contributed by atoms with E-state index in [0.29, 0.717) is 6.04 Å². The van der Waals surface area contributed by atoms with Crippen LogP contribution in [-0.4, -0.2) is 41.7 Å². The number of nitrogens with zero attached hydrogens (tertiary/aromatic N) is 2. The third-order valence-electron chi connectivity index (χ3n) is 7.39. The molecule has 0 aromatic heterocycles. The molecule has 3 nitrogen and oxygen atoms in total. The van der Waals surface area contributed by atoms with Crippen LogP contribution in [0.5, 0.6) is 0 Å². The molecule has 0 spiro atoms. The molecular weight excluding hydrogens is 450 g/mol. The summed E-state index contributed by atoms with van der Waals surface area (Å²) in [4.78, 5) is 5.05. The fourth-order valence-electron chi connectivity index (χ4n) is 6.17. The predicted octanol–water partition coefficient (Wildman–Crippen LogP) is 7.38. The molecule has 192 valence electrons. The van der Waals surface area contributed by atoms with E-state index in [1.165, 1.54) is 28.1 Å². The second kappa shape index (κ2) is 10.7. The van der Waals surface area contributed by atoms with Crippen LogP contribution in [0.3, 0.4) is 0 Å². The van der Waals surface area contributed by atoms with E-state index < -0.39 is 0 Å². The Morgan fingerprint density at radius 2 is 1.35 bits per heavy atom. The summed E-state index contributed by atoms with van der Waals surface area (Å²) in [6.45, 7) is 12.5. The van der Waals surface area contributed by atoms with Gasteiger partial charge in [0.2, 0.25) is 0 Å². The highest BCUT2D eigenvalue weighted by molar-refractivity contribution is 5.71. The van der Waals surface area contributed by atoms with Gasteiger partial charge in [0, 0.05) is 42.1 Å². The molecule has 1 heterocycles. The van der Waals surface area contributed by atoms with Crippen LogP contribution < -0.4 is 10.2 Å². The Kier molecular flexibility index (Phi) is 7.37. The molecule has 0 saturated carbocycles. The Bertz CT molecular complexity index is 1200. The summed E-state index contributed by atoms with van der Waals surface area (Å²) >= 11 is 0. The summed E-state index contributed by atoms with van der Waals surface area (Å²) in [5.41, 5.74) is 6.68. The molecule has 0 bridgehead atoms. The van der Waals surface area contributed by atoms with Crippen molar-refractivity contribution >= 4 is 11.4 Å². The average molecular weight is 492 g/mol. The molecule has 0 radical (unpaired) electrons. The Hall–Kier alpha value is -3.14. The highest BCUT2D eigenvalue weighted by Crippen LogP contribution is 2.32. The van der Waals surface area contributed by atoms with Gasteiger partial charge in [0.1, 0.15) is 0 Å². The van der Waals surface area contributed by atoms with Crippen LogP contribution in [0.15, 0.2) is 103 Å². The minimum atomic E-state index is 0.151. The molecule has 1 aliphatic heterocycles. The standard InChI is InChI=1S/C34H41N3/c1-33(2)25-36(26-34(3,4)35-33)24-23-27-15-17-28(18-16-27)29-19-21-32(22-20-29)37(30-11-7-5-8-12-30)31-13-9-6-10-14-31/h5-13,15-22,31,35H,14,23-26H2,1-4H3. The van der Waals surface area contributed by atoms with Gasteiger partial charge in [0.25, 0.3) is 0 Å². The molecule has 37 heavy (non-hydrogen) atoms. The number of benzene rings is 3. The van der Waals surface area contributed by atoms with E-state index in [1.54, 1.807) is 0 Å². The van der Waals surface area contributed by atoms with E-state index in [1.807, 2.05) is 0 Å². The molecule has 5 rings (SSSR count). The van der Waals surface area contributed by atoms with Crippen molar-refractivity contribution in [3.8, 4) is 11.1 Å². The van der Waals surface area contributed by atoms with E-state index >= 15 is 0 Å². The average Bonchev–Trinajstić information content (AvgIpc) is 2.88. The molecular formula is C34H41N3. The second-order valence-electron chi connectivity index (χ2n) is 11.9. The number of piperazine rings is 1. The van der Waals surface area contributed by atoms with E-state index in [2.05, 4.69) is 146 Å². The molecule has 2 aliphatic rings. The first-order chi connectivity index (χ1) is 17.8. The highest BCUT2D eigenvalue weighted by atomic mass is 15.3. The zero-order valence-corrected chi connectivity index (χ0v) is 22.8. The van der Waals surface area contributed by atoms with Gasteiger partial charge in [-0.2, -0.15) is 0 Å². The predicted molar refractivity (Wildman–Crippen MR) is 159 cm³/mol. The third-order valence-corrected chi connectivity index (χ3v) is 7.39. The van der Waals surface area contributed by atoms with Gasteiger partial charge in [-0.3, -0.25) is 4.90 Å². The SMILES string of the molecule is CC1(C)CN(CCc2ccc(-c3ccc(N(c4ccccc4)C4C=CC=CC4)cc3)cc2)CC(C)(C)N1. The summed E-state index contributed by atoms with van der Waals surface area (Å²) in [6, 6.07) is 29.2. The molecule has 3 heteroatoms. The normalized spacial score (nSPS) is 20.6. The molecule has 0 amide bonds. The lowest BCUT2D eigenvalue weighted by Crippen LogP contribution is -2.66. The van der Waals surface area contributed by atoms with Crippen LogP contribution in [0.4, 0.5) is 11.4 Å². The van der Waals surface area contributed by atoms with E-state index in [9.17, 15) is 0 Å². The topological polar surface area (TPSA) is 18.5 Å². The zero-order valence-electron chi connectivity index (χ0n) is 22.8. The fourth-order valence-corrected chi connectivity index (χ4v) is 6.17. The largest absolute Gasteiger partial charge is 0.334 e. The van der Waals surface area contributed by atoms with Gasteiger partial charge in [0.15, 0.2) is 0 Å². The van der Waals surface area contributed by atoms with E-state index in [0.717, 1.165) is 32.5 Å². The summed E-state index contributed by atoms with van der Waals surface area (Å²) < 4.78 is 0. The third kappa shape index (κ3) is 6.41. The van der Waals surface area contributed by atoms with Crippen molar-refractivity contribution in [2.45, 2.75) is 57.7 Å². The highest BCUT2D eigenvalue weighted by Gasteiger charge is 2.36. The van der Waals surface area contributed by atoms with Crippen molar-refractivity contribution in [1.29, 1.82) is 0 Å². The van der Waals surface area contributed by atoms with Gasteiger partial charge >= 0.3 is 0 Å². The minimum absolute atomic E-state index is 0.151. The van der Waals surface area contributed by atoms with Gasteiger partial charge in [0.05, 0.1) is 6.04 Å². The van der Waals surface area contributed by atoms with Crippen molar-refractivity contribution in [3.63, 3.8) is 0 Å². The Labute approximate surface area is 223 Å². The van der Waals surface area contributed by atoms with Crippen LogP contribution in [-0.2, 0) is 6.42 Å². The molecule has 1 unspecified atom stereocenters. The minimum Gasteiger partial charge on any atom is -0.334 e. The molecule has 1 N–H and O–H groups in total. The van der Waals surface area contributed by atoms with Crippen molar-refractivity contribution in [3.05, 3.63) is 109 Å². The maximum atomic E-state index is 3.77. The van der Waals surface area contributed by atoms with Crippen LogP contribution in [0.2, 0.25) is 0 Å². The van der Waals surface area contributed by atoms with Gasteiger partial charge in [-0.25, -0.2) is 0 Å². The number of allylic oxidation sites excluding steroid dienone is 2. The molecule has 3 aromatic carbocycles. The first-order valence-electron chi connectivity index (χ1n) is 13.7. The van der Waals surface area contributed by atoms with Crippen molar-refractivity contribution in [1.82, 2.24) is 10.2 Å². The molecule has 3 aromatic rings. The summed E-state index contributed by atoms with van der Waals surface area (Å²) in [7, 11) is 0. The van der Waals surface area contributed by atoms with Crippen molar-refractivity contribution in [2.24, 2.45) is 0 Å². The van der Waals surface area contributed by atoms with Gasteiger partial charge < -0.3 is 10.2 Å². The van der Waals surface area contributed by atoms with Gasteiger partial charge in [-0.15, -0.1) is 0 Å². The van der Waals surface area contributed by atoms with Crippen LogP contribution >= 0.6 is 0 Å². The van der Waals surface area contributed by atoms with Crippen LogP contribution in [0.25, 0.3) is 11.1 Å². The Morgan fingerprint density at radius 1 is 0.757 bits per heavy atom. The number of nitrogens with one attached hydrogen (secondary N) is 1. The van der Waals surface area contributed by atoms with Crippen LogP contribution in [0, 0.1) is 0 Å². The monoisotopic (exact) mass is 491 g/mol. The maximum Gasteiger partial charge on any atom is 0.0559 e. The number of para-hydroxylation sites is 1. The summed E-state index contributed by atoms with van der Waals surface area (Å²) in [6.07, 6.45) is 10.9. The molecule has 1 saturated heterocycles. The van der Waals surface area contributed by atoms with Gasteiger partial charge in [-0.1, -0.05) is 78.9 Å².